The Morgan fingerprint density at radius 2 is 2.05 bits per heavy atom. The Bertz CT molecular complexity index is 477. The molecule has 0 spiro atoms. The van der Waals surface area contributed by atoms with Crippen LogP contribution in [0.4, 0.5) is 4.39 Å². The number of hydrogen-bond donors (Lipinski definition) is 1. The molecule has 2 rings (SSSR count). The van der Waals surface area contributed by atoms with Gasteiger partial charge in [-0.15, -0.1) is 0 Å². The molecule has 1 N–H and O–H groups in total. The second-order valence-electron chi connectivity index (χ2n) is 5.56. The quantitative estimate of drug-likeness (QED) is 0.779. The molecule has 1 aliphatic rings. The molecule has 0 saturated heterocycles. The van der Waals surface area contributed by atoms with E-state index in [-0.39, 0.29) is 17.8 Å². The normalized spacial score (nSPS) is 27.1. The van der Waals surface area contributed by atoms with Crippen LogP contribution in [0.5, 0.6) is 0 Å². The van der Waals surface area contributed by atoms with Gasteiger partial charge in [0.2, 0.25) is 0 Å². The van der Waals surface area contributed by atoms with Gasteiger partial charge in [-0.1, -0.05) is 13.8 Å². The maximum atomic E-state index is 13.0. The number of amides is 1. The van der Waals surface area contributed by atoms with Gasteiger partial charge in [0.05, 0.1) is 5.56 Å². The molecule has 1 aromatic rings. The van der Waals surface area contributed by atoms with Gasteiger partial charge in [-0.3, -0.25) is 4.79 Å². The summed E-state index contributed by atoms with van der Waals surface area (Å²) >= 11 is 2.00. The molecule has 3 unspecified atom stereocenters. The van der Waals surface area contributed by atoms with Crippen molar-refractivity contribution in [3.8, 4) is 0 Å². The Morgan fingerprint density at radius 1 is 1.32 bits per heavy atom. The molecule has 1 saturated carbocycles. The lowest BCUT2D eigenvalue weighted by atomic mass is 9.79. The maximum absolute atomic E-state index is 13.0. The van der Waals surface area contributed by atoms with Crippen molar-refractivity contribution in [3.05, 3.63) is 33.1 Å². The summed E-state index contributed by atoms with van der Waals surface area (Å²) < 4.78 is 13.7. The van der Waals surface area contributed by atoms with Crippen molar-refractivity contribution in [2.45, 2.75) is 39.2 Å². The van der Waals surface area contributed by atoms with Gasteiger partial charge < -0.3 is 5.32 Å². The summed E-state index contributed by atoms with van der Waals surface area (Å²) in [6.45, 7) is 4.51. The highest BCUT2D eigenvalue weighted by Gasteiger charge is 2.26. The van der Waals surface area contributed by atoms with Gasteiger partial charge in [-0.05, 0) is 71.9 Å². The molecule has 1 fully saturated rings. The van der Waals surface area contributed by atoms with Crippen LogP contribution in [0, 0.1) is 21.2 Å². The maximum Gasteiger partial charge on any atom is 0.252 e. The van der Waals surface area contributed by atoms with Crippen LogP contribution in [0.1, 0.15) is 43.5 Å². The number of carbonyl (C=O) groups excluding carboxylic acids is 1. The zero-order chi connectivity index (χ0) is 14.0. The Balaban J connectivity index is 2.01. The number of hydrogen-bond acceptors (Lipinski definition) is 1. The van der Waals surface area contributed by atoms with Crippen molar-refractivity contribution >= 4 is 28.5 Å². The molecule has 4 heteroatoms. The number of benzene rings is 1. The first-order chi connectivity index (χ1) is 8.97. The molecule has 0 radical (unpaired) electrons. The van der Waals surface area contributed by atoms with Gasteiger partial charge in [0.15, 0.2) is 0 Å². The van der Waals surface area contributed by atoms with Gasteiger partial charge in [-0.2, -0.15) is 0 Å². The van der Waals surface area contributed by atoms with Crippen molar-refractivity contribution in [2.24, 2.45) is 11.8 Å². The third kappa shape index (κ3) is 3.68. The van der Waals surface area contributed by atoms with Gasteiger partial charge in [0.1, 0.15) is 5.82 Å². The van der Waals surface area contributed by atoms with Crippen molar-refractivity contribution in [2.75, 3.05) is 0 Å². The lowest BCUT2D eigenvalue weighted by Gasteiger charge is -2.32. The molecule has 0 aliphatic heterocycles. The van der Waals surface area contributed by atoms with E-state index in [2.05, 4.69) is 19.2 Å². The zero-order valence-corrected chi connectivity index (χ0v) is 13.4. The Morgan fingerprint density at radius 3 is 2.68 bits per heavy atom. The summed E-state index contributed by atoms with van der Waals surface area (Å²) in [6, 6.07) is 4.53. The number of carbonyl (C=O) groups is 1. The smallest absolute Gasteiger partial charge is 0.252 e. The minimum Gasteiger partial charge on any atom is -0.349 e. The minimum absolute atomic E-state index is 0.0869. The molecule has 19 heavy (non-hydrogen) atoms. The van der Waals surface area contributed by atoms with Crippen LogP contribution in [-0.4, -0.2) is 11.9 Å². The van der Waals surface area contributed by atoms with E-state index in [1.807, 2.05) is 22.6 Å². The summed E-state index contributed by atoms with van der Waals surface area (Å²) in [7, 11) is 0. The highest BCUT2D eigenvalue weighted by Crippen LogP contribution is 2.29. The highest BCUT2D eigenvalue weighted by atomic mass is 127. The first kappa shape index (κ1) is 14.8. The molecule has 0 aromatic heterocycles. The molecule has 1 aromatic carbocycles. The summed E-state index contributed by atoms with van der Waals surface area (Å²) in [5.74, 6) is 0.989. The summed E-state index contributed by atoms with van der Waals surface area (Å²) in [4.78, 5) is 12.2. The van der Waals surface area contributed by atoms with Crippen molar-refractivity contribution in [1.29, 1.82) is 0 Å². The summed E-state index contributed by atoms with van der Waals surface area (Å²) in [5.41, 5.74) is 0.563. The van der Waals surface area contributed by atoms with E-state index in [1.165, 1.54) is 12.1 Å². The van der Waals surface area contributed by atoms with E-state index < -0.39 is 0 Å². The van der Waals surface area contributed by atoms with Gasteiger partial charge in [-0.25, -0.2) is 4.39 Å². The third-order valence-corrected chi connectivity index (χ3v) is 5.00. The molecular weight excluding hydrogens is 356 g/mol. The second kappa shape index (κ2) is 6.20. The fourth-order valence-corrected chi connectivity index (χ4v) is 3.34. The zero-order valence-electron chi connectivity index (χ0n) is 11.2. The molecule has 0 heterocycles. The van der Waals surface area contributed by atoms with Gasteiger partial charge in [0.25, 0.3) is 5.91 Å². The second-order valence-corrected chi connectivity index (χ2v) is 6.72. The van der Waals surface area contributed by atoms with Crippen molar-refractivity contribution in [1.82, 2.24) is 5.32 Å². The molecule has 0 bridgehead atoms. The average molecular weight is 375 g/mol. The third-order valence-electron chi connectivity index (χ3n) is 4.11. The average Bonchev–Trinajstić information content (AvgIpc) is 2.33. The molecule has 3 atom stereocenters. The van der Waals surface area contributed by atoms with Crippen LogP contribution in [0.3, 0.4) is 0 Å². The number of rotatable bonds is 2. The van der Waals surface area contributed by atoms with E-state index in [0.717, 1.165) is 25.2 Å². The lowest BCUT2D eigenvalue weighted by Crippen LogP contribution is -2.40. The topological polar surface area (TPSA) is 29.1 Å². The fourth-order valence-electron chi connectivity index (χ4n) is 2.62. The highest BCUT2D eigenvalue weighted by molar-refractivity contribution is 14.1. The van der Waals surface area contributed by atoms with Crippen LogP contribution in [0.15, 0.2) is 18.2 Å². The largest absolute Gasteiger partial charge is 0.349 e. The predicted octanol–water partition coefficient (Wildman–Crippen LogP) is 3.98. The van der Waals surface area contributed by atoms with E-state index >= 15 is 0 Å². The van der Waals surface area contributed by atoms with Gasteiger partial charge in [0, 0.05) is 9.61 Å². The van der Waals surface area contributed by atoms with Crippen LogP contribution in [0.2, 0.25) is 0 Å². The van der Waals surface area contributed by atoms with Crippen molar-refractivity contribution < 1.29 is 9.18 Å². The fraction of sp³-hybridized carbons (Fsp3) is 0.533. The van der Waals surface area contributed by atoms with Crippen LogP contribution in [-0.2, 0) is 0 Å². The molecule has 2 nitrogen and oxygen atoms in total. The van der Waals surface area contributed by atoms with E-state index in [9.17, 15) is 9.18 Å². The molecule has 104 valence electrons. The van der Waals surface area contributed by atoms with Crippen LogP contribution in [0.25, 0.3) is 0 Å². The lowest BCUT2D eigenvalue weighted by molar-refractivity contribution is 0.0909. The summed E-state index contributed by atoms with van der Waals surface area (Å²) in [5, 5.41) is 3.08. The number of nitrogens with one attached hydrogen (secondary N) is 1. The van der Waals surface area contributed by atoms with Gasteiger partial charge >= 0.3 is 0 Å². The minimum atomic E-state index is -0.305. The SMILES string of the molecule is CC1CCC(NC(=O)c2ccc(F)cc2I)CC1C. The molecule has 1 amide bonds. The number of halogens is 2. The van der Waals surface area contributed by atoms with E-state index in [1.54, 1.807) is 6.07 Å². The molecule has 1 aliphatic carbocycles. The monoisotopic (exact) mass is 375 g/mol. The van der Waals surface area contributed by atoms with Crippen LogP contribution < -0.4 is 5.32 Å². The van der Waals surface area contributed by atoms with Crippen LogP contribution >= 0.6 is 22.6 Å². The van der Waals surface area contributed by atoms with Crippen molar-refractivity contribution in [3.63, 3.8) is 0 Å². The standard InChI is InChI=1S/C15H19FINO/c1-9-3-5-12(7-10(9)2)18-15(19)13-6-4-11(16)8-14(13)17/h4,6,8-10,12H,3,5,7H2,1-2H3,(H,18,19). The van der Waals surface area contributed by atoms with E-state index in [0.29, 0.717) is 15.1 Å². The Hall–Kier alpha value is -0.650. The first-order valence-electron chi connectivity index (χ1n) is 6.73. The summed E-state index contributed by atoms with van der Waals surface area (Å²) in [6.07, 6.45) is 3.23. The molecular formula is C15H19FINO. The Kier molecular flexibility index (Phi) is 4.81. The first-order valence-corrected chi connectivity index (χ1v) is 7.81. The van der Waals surface area contributed by atoms with E-state index in [4.69, 9.17) is 0 Å². The Labute approximate surface area is 127 Å². The predicted molar refractivity (Wildman–Crippen MR) is 82.6 cm³/mol.